The number of hydrogen-bond acceptors (Lipinski definition) is 4. The summed E-state index contributed by atoms with van der Waals surface area (Å²) in [6.07, 6.45) is 4.85. The number of aromatic amines is 1. The van der Waals surface area contributed by atoms with Gasteiger partial charge in [0.25, 0.3) is 0 Å². The van der Waals surface area contributed by atoms with Crippen molar-refractivity contribution >= 4 is 16.6 Å². The molecule has 0 radical (unpaired) electrons. The lowest BCUT2D eigenvalue weighted by molar-refractivity contribution is 0.227. The van der Waals surface area contributed by atoms with E-state index in [0.29, 0.717) is 0 Å². The maximum Gasteiger partial charge on any atom is 0.141 e. The lowest BCUT2D eigenvalue weighted by Crippen LogP contribution is -2.20. The summed E-state index contributed by atoms with van der Waals surface area (Å²) in [5.74, 6) is 0.853. The molecule has 0 bridgehead atoms. The quantitative estimate of drug-likeness (QED) is 0.490. The fraction of sp³-hybridized carbons (Fsp3) is 0.200. The lowest BCUT2D eigenvalue weighted by atomic mass is 10.0. The van der Waals surface area contributed by atoms with E-state index in [9.17, 15) is 0 Å². The zero-order valence-corrected chi connectivity index (χ0v) is 16.9. The molecule has 1 aliphatic heterocycles. The molecule has 30 heavy (non-hydrogen) atoms. The summed E-state index contributed by atoms with van der Waals surface area (Å²) in [7, 11) is 0. The molecule has 5 heteroatoms. The Hall–Kier alpha value is -3.44. The summed E-state index contributed by atoms with van der Waals surface area (Å²) in [5.41, 5.74) is 6.47. The zero-order chi connectivity index (χ0) is 20.3. The van der Waals surface area contributed by atoms with Crippen molar-refractivity contribution in [2.75, 3.05) is 13.1 Å². The fourth-order valence-electron chi connectivity index (χ4n) is 3.90. The molecule has 0 unspecified atom stereocenters. The summed E-state index contributed by atoms with van der Waals surface area (Å²) in [4.78, 5) is 12.4. The van der Waals surface area contributed by atoms with Gasteiger partial charge in [-0.25, -0.2) is 9.97 Å². The van der Waals surface area contributed by atoms with Crippen LogP contribution in [0.5, 0.6) is 5.75 Å². The van der Waals surface area contributed by atoms with Crippen LogP contribution in [0.3, 0.4) is 0 Å². The SMILES string of the molecule is C[C@@H](Oc1ccc(-c2cc3c(C4=CCNCC4)ncnc3[nH]2)cc1)c1ccccc1. The van der Waals surface area contributed by atoms with Gasteiger partial charge in [-0.05, 0) is 66.9 Å². The standard InChI is InChI=1S/C25H24N4O/c1-17(18-5-3-2-4-6-18)30-21-9-7-19(8-10-21)23-15-22-24(20-11-13-26-14-12-20)27-16-28-25(22)29-23/h2-11,15-17,26H,12-14H2,1H3,(H,27,28,29)/t17-/m1/s1. The van der Waals surface area contributed by atoms with Crippen molar-refractivity contribution in [1.29, 1.82) is 0 Å². The molecule has 0 saturated carbocycles. The molecule has 5 nitrogen and oxygen atoms in total. The van der Waals surface area contributed by atoms with Gasteiger partial charge in [-0.3, -0.25) is 0 Å². The molecular formula is C25H24N4O. The van der Waals surface area contributed by atoms with E-state index in [0.717, 1.165) is 58.8 Å². The van der Waals surface area contributed by atoms with E-state index in [1.807, 2.05) is 30.3 Å². The second-order valence-corrected chi connectivity index (χ2v) is 7.55. The Morgan fingerprint density at radius 1 is 1.00 bits per heavy atom. The van der Waals surface area contributed by atoms with Crippen LogP contribution in [0.15, 0.2) is 73.1 Å². The summed E-state index contributed by atoms with van der Waals surface area (Å²) < 4.78 is 6.10. The molecule has 3 heterocycles. The molecule has 4 aromatic rings. The molecule has 2 N–H and O–H groups in total. The van der Waals surface area contributed by atoms with E-state index in [2.05, 4.69) is 63.6 Å². The average Bonchev–Trinajstić information content (AvgIpc) is 3.25. The molecular weight excluding hydrogens is 372 g/mol. The fourth-order valence-corrected chi connectivity index (χ4v) is 3.90. The maximum absolute atomic E-state index is 6.10. The van der Waals surface area contributed by atoms with Crippen molar-refractivity contribution in [2.45, 2.75) is 19.4 Å². The Bertz CT molecular complexity index is 1180. The number of aromatic nitrogens is 3. The third-order valence-electron chi connectivity index (χ3n) is 5.54. The van der Waals surface area contributed by atoms with E-state index >= 15 is 0 Å². The van der Waals surface area contributed by atoms with Gasteiger partial charge in [0.15, 0.2) is 0 Å². The highest BCUT2D eigenvalue weighted by molar-refractivity contribution is 5.92. The Balaban J connectivity index is 1.40. The van der Waals surface area contributed by atoms with Gasteiger partial charge in [-0.2, -0.15) is 0 Å². The highest BCUT2D eigenvalue weighted by Crippen LogP contribution is 2.30. The topological polar surface area (TPSA) is 62.8 Å². The van der Waals surface area contributed by atoms with E-state index in [1.54, 1.807) is 6.33 Å². The smallest absolute Gasteiger partial charge is 0.141 e. The number of benzene rings is 2. The van der Waals surface area contributed by atoms with Gasteiger partial charge < -0.3 is 15.0 Å². The largest absolute Gasteiger partial charge is 0.486 e. The number of hydrogen-bond donors (Lipinski definition) is 2. The molecule has 1 aliphatic rings. The van der Waals surface area contributed by atoms with Gasteiger partial charge in [-0.15, -0.1) is 0 Å². The minimum Gasteiger partial charge on any atom is -0.486 e. The van der Waals surface area contributed by atoms with Gasteiger partial charge in [-0.1, -0.05) is 36.4 Å². The molecule has 0 saturated heterocycles. The molecule has 1 atom stereocenters. The Kier molecular flexibility index (Phi) is 5.03. The average molecular weight is 396 g/mol. The van der Waals surface area contributed by atoms with Crippen molar-refractivity contribution < 1.29 is 4.74 Å². The van der Waals surface area contributed by atoms with Crippen LogP contribution in [0.2, 0.25) is 0 Å². The number of ether oxygens (including phenoxy) is 1. The third-order valence-corrected chi connectivity index (χ3v) is 5.54. The van der Waals surface area contributed by atoms with Gasteiger partial charge in [0.05, 0.1) is 5.69 Å². The van der Waals surface area contributed by atoms with Crippen molar-refractivity contribution in [3.8, 4) is 17.0 Å². The van der Waals surface area contributed by atoms with Crippen LogP contribution in [0.1, 0.15) is 30.7 Å². The highest BCUT2D eigenvalue weighted by Gasteiger charge is 2.14. The van der Waals surface area contributed by atoms with E-state index in [1.165, 1.54) is 5.57 Å². The van der Waals surface area contributed by atoms with Crippen molar-refractivity contribution in [3.05, 3.63) is 84.3 Å². The molecule has 0 spiro atoms. The summed E-state index contributed by atoms with van der Waals surface area (Å²) in [5, 5.41) is 4.42. The summed E-state index contributed by atoms with van der Waals surface area (Å²) >= 11 is 0. The van der Waals surface area contributed by atoms with Gasteiger partial charge in [0, 0.05) is 17.6 Å². The number of fused-ring (bicyclic) bond motifs is 1. The summed E-state index contributed by atoms with van der Waals surface area (Å²) in [6, 6.07) is 20.6. The first kappa shape index (κ1) is 18.6. The third kappa shape index (κ3) is 3.72. The first-order valence-electron chi connectivity index (χ1n) is 10.3. The van der Waals surface area contributed by atoms with Gasteiger partial charge in [0.2, 0.25) is 0 Å². The van der Waals surface area contributed by atoms with Crippen LogP contribution < -0.4 is 10.1 Å². The molecule has 0 amide bonds. The highest BCUT2D eigenvalue weighted by atomic mass is 16.5. The zero-order valence-electron chi connectivity index (χ0n) is 16.9. The van der Waals surface area contributed by atoms with E-state index < -0.39 is 0 Å². The van der Waals surface area contributed by atoms with Crippen LogP contribution >= 0.6 is 0 Å². The number of nitrogens with zero attached hydrogens (tertiary/aromatic N) is 2. The predicted molar refractivity (Wildman–Crippen MR) is 120 cm³/mol. The first-order chi connectivity index (χ1) is 14.8. The van der Waals surface area contributed by atoms with Gasteiger partial charge in [0.1, 0.15) is 23.8 Å². The van der Waals surface area contributed by atoms with Gasteiger partial charge >= 0.3 is 0 Å². The van der Waals surface area contributed by atoms with Crippen molar-refractivity contribution in [3.63, 3.8) is 0 Å². The second kappa shape index (κ2) is 8.13. The molecule has 2 aromatic carbocycles. The Labute approximate surface area is 175 Å². The molecule has 2 aromatic heterocycles. The summed E-state index contributed by atoms with van der Waals surface area (Å²) in [6.45, 7) is 3.94. The minimum absolute atomic E-state index is 0.00113. The number of rotatable bonds is 5. The van der Waals surface area contributed by atoms with Crippen LogP contribution in [0.25, 0.3) is 27.9 Å². The lowest BCUT2D eigenvalue weighted by Gasteiger charge is -2.15. The molecule has 0 aliphatic carbocycles. The first-order valence-corrected chi connectivity index (χ1v) is 10.3. The van der Waals surface area contributed by atoms with Crippen LogP contribution in [0, 0.1) is 0 Å². The van der Waals surface area contributed by atoms with E-state index in [4.69, 9.17) is 4.74 Å². The van der Waals surface area contributed by atoms with Crippen molar-refractivity contribution in [2.24, 2.45) is 0 Å². The van der Waals surface area contributed by atoms with Crippen molar-refractivity contribution in [1.82, 2.24) is 20.3 Å². The second-order valence-electron chi connectivity index (χ2n) is 7.55. The monoisotopic (exact) mass is 396 g/mol. The molecule has 5 rings (SSSR count). The predicted octanol–water partition coefficient (Wildman–Crippen LogP) is 5.14. The normalized spacial score (nSPS) is 15.0. The van der Waals surface area contributed by atoms with E-state index in [-0.39, 0.29) is 6.10 Å². The molecule has 150 valence electrons. The molecule has 0 fully saturated rings. The minimum atomic E-state index is 0.00113. The Morgan fingerprint density at radius 3 is 2.60 bits per heavy atom. The number of H-pyrrole nitrogens is 1. The van der Waals surface area contributed by atoms with Crippen LogP contribution in [-0.4, -0.2) is 28.0 Å². The number of nitrogens with one attached hydrogen (secondary N) is 2. The van der Waals surface area contributed by atoms with Crippen LogP contribution in [0.4, 0.5) is 0 Å². The maximum atomic E-state index is 6.10. The Morgan fingerprint density at radius 2 is 1.83 bits per heavy atom. The van der Waals surface area contributed by atoms with Crippen LogP contribution in [-0.2, 0) is 0 Å².